The topological polar surface area (TPSA) is 24.5 Å². The Morgan fingerprint density at radius 3 is 3.00 bits per heavy atom. The molecule has 2 unspecified atom stereocenters. The Kier molecular flexibility index (Phi) is 4.18. The first-order chi connectivity index (χ1) is 8.77. The number of nitrogens with one attached hydrogen (secondary N) is 1. The van der Waals surface area contributed by atoms with Crippen molar-refractivity contribution in [2.45, 2.75) is 49.8 Å². The average molecular weight is 270 g/mol. The second kappa shape index (κ2) is 5.70. The maximum atomic E-state index is 6.06. The molecule has 0 bridgehead atoms. The van der Waals surface area contributed by atoms with E-state index < -0.39 is 0 Å². The molecule has 3 nitrogen and oxygen atoms in total. The standard InChI is InChI=1S/C14H26N2OS/c1-16(13-2-3-13)7-6-15-12-4-8-17-14(10-12)5-9-18-11-14/h12-13,15H,2-11H2,1H3. The lowest BCUT2D eigenvalue weighted by Gasteiger charge is -2.38. The number of hydrogen-bond acceptors (Lipinski definition) is 4. The van der Waals surface area contributed by atoms with Crippen molar-refractivity contribution < 1.29 is 4.74 Å². The van der Waals surface area contributed by atoms with Crippen molar-refractivity contribution in [2.24, 2.45) is 0 Å². The number of hydrogen-bond donors (Lipinski definition) is 1. The summed E-state index contributed by atoms with van der Waals surface area (Å²) in [6, 6.07) is 1.57. The van der Waals surface area contributed by atoms with Gasteiger partial charge in [-0.15, -0.1) is 0 Å². The summed E-state index contributed by atoms with van der Waals surface area (Å²) >= 11 is 2.06. The Balaban J connectivity index is 1.39. The fourth-order valence-corrected chi connectivity index (χ4v) is 4.59. The van der Waals surface area contributed by atoms with E-state index in [1.165, 1.54) is 50.2 Å². The fraction of sp³-hybridized carbons (Fsp3) is 1.00. The second-order valence-corrected chi connectivity index (χ2v) is 7.29. The van der Waals surface area contributed by atoms with Gasteiger partial charge in [0.1, 0.15) is 0 Å². The molecule has 2 atom stereocenters. The fourth-order valence-electron chi connectivity index (χ4n) is 3.21. The third-order valence-corrected chi connectivity index (χ3v) is 5.85. The molecule has 2 aliphatic heterocycles. The highest BCUT2D eigenvalue weighted by molar-refractivity contribution is 7.99. The Labute approximate surface area is 115 Å². The minimum absolute atomic E-state index is 0.225. The van der Waals surface area contributed by atoms with E-state index in [0.717, 1.165) is 19.2 Å². The number of ether oxygens (including phenoxy) is 1. The van der Waals surface area contributed by atoms with E-state index in [1.54, 1.807) is 0 Å². The van der Waals surface area contributed by atoms with Crippen LogP contribution in [0, 0.1) is 0 Å². The highest BCUT2D eigenvalue weighted by atomic mass is 32.2. The monoisotopic (exact) mass is 270 g/mol. The van der Waals surface area contributed by atoms with Gasteiger partial charge < -0.3 is 15.0 Å². The van der Waals surface area contributed by atoms with Crippen molar-refractivity contribution in [3.05, 3.63) is 0 Å². The minimum atomic E-state index is 0.225. The molecule has 0 amide bonds. The molecule has 1 saturated carbocycles. The van der Waals surface area contributed by atoms with Gasteiger partial charge in [0.25, 0.3) is 0 Å². The van der Waals surface area contributed by atoms with E-state index in [9.17, 15) is 0 Å². The Morgan fingerprint density at radius 2 is 2.28 bits per heavy atom. The number of thioether (sulfide) groups is 1. The predicted octanol–water partition coefficient (Wildman–Crippen LogP) is 1.72. The van der Waals surface area contributed by atoms with Gasteiger partial charge in [-0.05, 0) is 44.9 Å². The van der Waals surface area contributed by atoms with E-state index in [2.05, 4.69) is 29.0 Å². The van der Waals surface area contributed by atoms with Crippen LogP contribution in [0.15, 0.2) is 0 Å². The SMILES string of the molecule is CN(CCNC1CCOC2(CCSC2)C1)C1CC1. The molecule has 2 saturated heterocycles. The van der Waals surface area contributed by atoms with Gasteiger partial charge in [-0.3, -0.25) is 0 Å². The van der Waals surface area contributed by atoms with E-state index >= 15 is 0 Å². The first-order valence-corrected chi connectivity index (χ1v) is 8.58. The van der Waals surface area contributed by atoms with Gasteiger partial charge in [0.05, 0.1) is 5.60 Å². The van der Waals surface area contributed by atoms with Crippen molar-refractivity contribution in [3.8, 4) is 0 Å². The zero-order valence-electron chi connectivity index (χ0n) is 11.5. The van der Waals surface area contributed by atoms with Gasteiger partial charge in [-0.25, -0.2) is 0 Å². The summed E-state index contributed by atoms with van der Waals surface area (Å²) in [6.07, 6.45) is 6.51. The molecule has 18 heavy (non-hydrogen) atoms. The van der Waals surface area contributed by atoms with Gasteiger partial charge in [0.2, 0.25) is 0 Å². The van der Waals surface area contributed by atoms with Crippen molar-refractivity contribution in [3.63, 3.8) is 0 Å². The van der Waals surface area contributed by atoms with Crippen LogP contribution in [0.2, 0.25) is 0 Å². The van der Waals surface area contributed by atoms with Gasteiger partial charge in [-0.1, -0.05) is 0 Å². The zero-order valence-corrected chi connectivity index (χ0v) is 12.3. The van der Waals surface area contributed by atoms with Crippen molar-refractivity contribution >= 4 is 11.8 Å². The van der Waals surface area contributed by atoms with Crippen LogP contribution in [0.1, 0.15) is 32.1 Å². The van der Waals surface area contributed by atoms with Crippen molar-refractivity contribution in [2.75, 3.05) is 38.2 Å². The predicted molar refractivity (Wildman–Crippen MR) is 77.3 cm³/mol. The quantitative estimate of drug-likeness (QED) is 0.822. The lowest BCUT2D eigenvalue weighted by atomic mass is 9.90. The normalized spacial score (nSPS) is 36.7. The molecular formula is C14H26N2OS. The summed E-state index contributed by atoms with van der Waals surface area (Å²) in [5.74, 6) is 2.50. The smallest absolute Gasteiger partial charge is 0.0795 e. The van der Waals surface area contributed by atoms with Gasteiger partial charge >= 0.3 is 0 Å². The van der Waals surface area contributed by atoms with Crippen molar-refractivity contribution in [1.29, 1.82) is 0 Å². The van der Waals surface area contributed by atoms with Crippen LogP contribution >= 0.6 is 11.8 Å². The lowest BCUT2D eigenvalue weighted by molar-refractivity contribution is -0.0701. The molecule has 0 aromatic rings. The minimum Gasteiger partial charge on any atom is -0.374 e. The number of rotatable bonds is 5. The average Bonchev–Trinajstić information content (AvgIpc) is 3.13. The van der Waals surface area contributed by atoms with E-state index in [-0.39, 0.29) is 5.60 Å². The van der Waals surface area contributed by atoms with Gasteiger partial charge in [0, 0.05) is 37.5 Å². The maximum Gasteiger partial charge on any atom is 0.0795 e. The highest BCUT2D eigenvalue weighted by Crippen LogP contribution is 2.38. The summed E-state index contributed by atoms with van der Waals surface area (Å²) in [7, 11) is 2.26. The van der Waals surface area contributed by atoms with Crippen LogP contribution in [-0.4, -0.2) is 60.8 Å². The summed E-state index contributed by atoms with van der Waals surface area (Å²) < 4.78 is 6.06. The Hall–Kier alpha value is 0.230. The first-order valence-electron chi connectivity index (χ1n) is 7.43. The van der Waals surface area contributed by atoms with Crippen LogP contribution in [0.5, 0.6) is 0 Å². The summed E-state index contributed by atoms with van der Waals surface area (Å²) in [5.41, 5.74) is 0.225. The van der Waals surface area contributed by atoms with E-state index in [1.807, 2.05) is 0 Å². The lowest BCUT2D eigenvalue weighted by Crippen LogP contribution is -2.48. The van der Waals surface area contributed by atoms with Crippen LogP contribution in [-0.2, 0) is 4.74 Å². The molecule has 4 heteroatoms. The van der Waals surface area contributed by atoms with Crippen LogP contribution < -0.4 is 5.32 Å². The number of likely N-dealkylation sites (N-methyl/N-ethyl adjacent to an activating group) is 1. The Morgan fingerprint density at radius 1 is 1.39 bits per heavy atom. The molecular weight excluding hydrogens is 244 g/mol. The third kappa shape index (κ3) is 3.21. The van der Waals surface area contributed by atoms with Crippen LogP contribution in [0.25, 0.3) is 0 Å². The highest BCUT2D eigenvalue weighted by Gasteiger charge is 2.40. The van der Waals surface area contributed by atoms with Gasteiger partial charge in [-0.2, -0.15) is 11.8 Å². The third-order valence-electron chi connectivity index (χ3n) is 4.63. The molecule has 1 spiro atoms. The zero-order chi connectivity index (χ0) is 12.4. The molecule has 0 aromatic carbocycles. The van der Waals surface area contributed by atoms with Crippen LogP contribution in [0.3, 0.4) is 0 Å². The molecule has 0 aromatic heterocycles. The largest absolute Gasteiger partial charge is 0.374 e. The second-order valence-electron chi connectivity index (χ2n) is 6.19. The molecule has 104 valence electrons. The van der Waals surface area contributed by atoms with Crippen LogP contribution in [0.4, 0.5) is 0 Å². The van der Waals surface area contributed by atoms with Gasteiger partial charge in [0.15, 0.2) is 0 Å². The molecule has 1 aliphatic carbocycles. The van der Waals surface area contributed by atoms with Crippen molar-refractivity contribution in [1.82, 2.24) is 10.2 Å². The number of nitrogens with zero attached hydrogens (tertiary/aromatic N) is 1. The molecule has 3 rings (SSSR count). The van der Waals surface area contributed by atoms with E-state index in [4.69, 9.17) is 4.74 Å². The van der Waals surface area contributed by atoms with E-state index in [0.29, 0.717) is 6.04 Å². The summed E-state index contributed by atoms with van der Waals surface area (Å²) in [6.45, 7) is 3.29. The first kappa shape index (κ1) is 13.2. The maximum absolute atomic E-state index is 6.06. The summed E-state index contributed by atoms with van der Waals surface area (Å²) in [5, 5.41) is 3.76. The molecule has 0 radical (unpaired) electrons. The molecule has 1 N–H and O–H groups in total. The molecule has 2 heterocycles. The Bertz CT molecular complexity index is 277. The molecule has 3 fully saturated rings. The summed E-state index contributed by atoms with van der Waals surface area (Å²) in [4.78, 5) is 2.51. The molecule has 3 aliphatic rings.